The summed E-state index contributed by atoms with van der Waals surface area (Å²) < 4.78 is 5.25. The van der Waals surface area contributed by atoms with E-state index in [-0.39, 0.29) is 0 Å². The number of hydrogen-bond donors (Lipinski definition) is 1. The highest BCUT2D eigenvalue weighted by Crippen LogP contribution is 2.26. The van der Waals surface area contributed by atoms with Gasteiger partial charge in [0.05, 0.1) is 7.11 Å². The molecule has 1 aliphatic rings. The van der Waals surface area contributed by atoms with Crippen molar-refractivity contribution in [3.05, 3.63) is 54.1 Å². The Hall–Kier alpha value is -2.16. The van der Waals surface area contributed by atoms with Crippen LogP contribution in [0.5, 0.6) is 5.75 Å². The average Bonchev–Trinajstić information content (AvgIpc) is 2.55. The number of hydrogen-bond acceptors (Lipinski definition) is 3. The third kappa shape index (κ3) is 3.30. The van der Waals surface area contributed by atoms with Crippen LogP contribution in [0.15, 0.2) is 48.5 Å². The molecule has 0 saturated carbocycles. The molecule has 0 spiro atoms. The molecule has 3 rings (SSSR count). The Bertz CT molecular complexity index is 597. The van der Waals surface area contributed by atoms with E-state index in [1.54, 1.807) is 7.11 Å². The Kier molecular flexibility index (Phi) is 4.29. The maximum atomic E-state index is 5.25. The van der Waals surface area contributed by atoms with E-state index in [1.165, 1.54) is 24.1 Å². The number of fused-ring (bicyclic) bond motifs is 1. The molecule has 2 aromatic carbocycles. The minimum atomic E-state index is 0.892. The summed E-state index contributed by atoms with van der Waals surface area (Å²) >= 11 is 0. The van der Waals surface area contributed by atoms with E-state index < -0.39 is 0 Å². The van der Waals surface area contributed by atoms with Crippen LogP contribution in [0.4, 0.5) is 11.4 Å². The van der Waals surface area contributed by atoms with Crippen LogP contribution in [0.2, 0.25) is 0 Å². The van der Waals surface area contributed by atoms with Crippen molar-refractivity contribution in [2.75, 3.05) is 37.0 Å². The molecule has 3 heteroatoms. The quantitative estimate of drug-likeness (QED) is 0.907. The van der Waals surface area contributed by atoms with Crippen LogP contribution in [0.25, 0.3) is 0 Å². The summed E-state index contributed by atoms with van der Waals surface area (Å²) in [4.78, 5) is 2.48. The highest BCUT2D eigenvalue weighted by Gasteiger charge is 2.15. The minimum Gasteiger partial charge on any atom is -0.497 e. The van der Waals surface area contributed by atoms with Crippen molar-refractivity contribution in [1.29, 1.82) is 0 Å². The number of aryl methyl sites for hydroxylation is 1. The average molecular weight is 282 g/mol. The van der Waals surface area contributed by atoms with Gasteiger partial charge in [0.25, 0.3) is 0 Å². The summed E-state index contributed by atoms with van der Waals surface area (Å²) in [6, 6.07) is 16.8. The van der Waals surface area contributed by atoms with Gasteiger partial charge >= 0.3 is 0 Å². The molecule has 3 nitrogen and oxygen atoms in total. The SMILES string of the molecule is COc1cccc(NCCN2CCCc3ccccc32)c1. The second-order valence-electron chi connectivity index (χ2n) is 5.38. The Balaban J connectivity index is 1.59. The smallest absolute Gasteiger partial charge is 0.120 e. The lowest BCUT2D eigenvalue weighted by molar-refractivity contribution is 0.415. The van der Waals surface area contributed by atoms with Gasteiger partial charge in [-0.3, -0.25) is 0 Å². The van der Waals surface area contributed by atoms with Crippen molar-refractivity contribution in [3.63, 3.8) is 0 Å². The van der Waals surface area contributed by atoms with Gasteiger partial charge in [0, 0.05) is 37.1 Å². The van der Waals surface area contributed by atoms with Crippen molar-refractivity contribution in [3.8, 4) is 5.75 Å². The fourth-order valence-electron chi connectivity index (χ4n) is 2.91. The van der Waals surface area contributed by atoms with Crippen molar-refractivity contribution < 1.29 is 4.74 Å². The zero-order valence-electron chi connectivity index (χ0n) is 12.5. The number of ether oxygens (including phenoxy) is 1. The van der Waals surface area contributed by atoms with Gasteiger partial charge in [-0.25, -0.2) is 0 Å². The normalized spacial score (nSPS) is 13.7. The Morgan fingerprint density at radius 3 is 2.95 bits per heavy atom. The molecular formula is C18H22N2O. The fraction of sp³-hybridized carbons (Fsp3) is 0.333. The van der Waals surface area contributed by atoms with E-state index in [0.717, 1.165) is 31.1 Å². The van der Waals surface area contributed by atoms with Crippen molar-refractivity contribution in [2.24, 2.45) is 0 Å². The molecule has 1 heterocycles. The van der Waals surface area contributed by atoms with Gasteiger partial charge in [0.15, 0.2) is 0 Å². The summed E-state index contributed by atoms with van der Waals surface area (Å²) in [6.45, 7) is 3.10. The second-order valence-corrected chi connectivity index (χ2v) is 5.38. The maximum Gasteiger partial charge on any atom is 0.120 e. The summed E-state index contributed by atoms with van der Waals surface area (Å²) in [6.07, 6.45) is 2.45. The first-order chi connectivity index (χ1) is 10.4. The molecule has 21 heavy (non-hydrogen) atoms. The minimum absolute atomic E-state index is 0.892. The molecule has 0 atom stereocenters. The van der Waals surface area contributed by atoms with Gasteiger partial charge in [0.1, 0.15) is 5.75 Å². The topological polar surface area (TPSA) is 24.5 Å². The van der Waals surface area contributed by atoms with Crippen molar-refractivity contribution in [2.45, 2.75) is 12.8 Å². The molecule has 110 valence electrons. The van der Waals surface area contributed by atoms with Gasteiger partial charge in [-0.05, 0) is 36.6 Å². The molecular weight excluding hydrogens is 260 g/mol. The summed E-state index contributed by atoms with van der Waals surface area (Å²) in [5.74, 6) is 0.892. The molecule has 0 bridgehead atoms. The maximum absolute atomic E-state index is 5.25. The predicted octanol–water partition coefficient (Wildman–Crippen LogP) is 3.56. The van der Waals surface area contributed by atoms with Crippen LogP contribution in [0, 0.1) is 0 Å². The highest BCUT2D eigenvalue weighted by molar-refractivity contribution is 5.56. The van der Waals surface area contributed by atoms with Crippen LogP contribution in [0.1, 0.15) is 12.0 Å². The molecule has 0 radical (unpaired) electrons. The van der Waals surface area contributed by atoms with Gasteiger partial charge in [-0.1, -0.05) is 24.3 Å². The Morgan fingerprint density at radius 1 is 1.14 bits per heavy atom. The fourth-order valence-corrected chi connectivity index (χ4v) is 2.91. The molecule has 0 fully saturated rings. The number of benzene rings is 2. The molecule has 0 saturated heterocycles. The first kappa shape index (κ1) is 13.8. The predicted molar refractivity (Wildman–Crippen MR) is 88.5 cm³/mol. The van der Waals surface area contributed by atoms with Gasteiger partial charge in [-0.2, -0.15) is 0 Å². The first-order valence-corrected chi connectivity index (χ1v) is 7.57. The first-order valence-electron chi connectivity index (χ1n) is 7.57. The number of nitrogens with zero attached hydrogens (tertiary/aromatic N) is 1. The lowest BCUT2D eigenvalue weighted by Crippen LogP contribution is -2.33. The number of methoxy groups -OCH3 is 1. The largest absolute Gasteiger partial charge is 0.497 e. The standard InChI is InChI=1S/C18H22N2O/c1-21-17-9-4-8-16(14-17)19-11-13-20-12-5-7-15-6-2-3-10-18(15)20/h2-4,6,8-10,14,19H,5,7,11-13H2,1H3. The molecule has 0 aliphatic carbocycles. The molecule has 0 aromatic heterocycles. The van der Waals surface area contributed by atoms with Crippen LogP contribution in [-0.4, -0.2) is 26.7 Å². The van der Waals surface area contributed by atoms with Gasteiger partial charge < -0.3 is 15.0 Å². The summed E-state index contributed by atoms with van der Waals surface area (Å²) in [5.41, 5.74) is 3.99. The van der Waals surface area contributed by atoms with Gasteiger partial charge in [0.2, 0.25) is 0 Å². The van der Waals surface area contributed by atoms with Crippen LogP contribution >= 0.6 is 0 Å². The van der Waals surface area contributed by atoms with E-state index in [2.05, 4.69) is 40.5 Å². The second kappa shape index (κ2) is 6.53. The Labute approximate surface area is 126 Å². The third-order valence-corrected chi connectivity index (χ3v) is 3.99. The Morgan fingerprint density at radius 2 is 2.05 bits per heavy atom. The van der Waals surface area contributed by atoms with Crippen molar-refractivity contribution >= 4 is 11.4 Å². The van der Waals surface area contributed by atoms with Crippen molar-refractivity contribution in [1.82, 2.24) is 0 Å². The lowest BCUT2D eigenvalue weighted by atomic mass is 10.0. The lowest BCUT2D eigenvalue weighted by Gasteiger charge is -2.31. The summed E-state index contributed by atoms with van der Waals surface area (Å²) in [7, 11) is 1.70. The van der Waals surface area contributed by atoms with Crippen LogP contribution in [-0.2, 0) is 6.42 Å². The van der Waals surface area contributed by atoms with E-state index in [9.17, 15) is 0 Å². The molecule has 0 amide bonds. The number of para-hydroxylation sites is 1. The van der Waals surface area contributed by atoms with E-state index in [0.29, 0.717) is 0 Å². The summed E-state index contributed by atoms with van der Waals surface area (Å²) in [5, 5.41) is 3.48. The van der Waals surface area contributed by atoms with Crippen LogP contribution in [0.3, 0.4) is 0 Å². The van der Waals surface area contributed by atoms with E-state index >= 15 is 0 Å². The van der Waals surface area contributed by atoms with E-state index in [4.69, 9.17) is 4.74 Å². The molecule has 1 N–H and O–H groups in total. The molecule has 0 unspecified atom stereocenters. The zero-order chi connectivity index (χ0) is 14.5. The monoisotopic (exact) mass is 282 g/mol. The number of nitrogens with one attached hydrogen (secondary N) is 1. The number of anilines is 2. The zero-order valence-corrected chi connectivity index (χ0v) is 12.5. The highest BCUT2D eigenvalue weighted by atomic mass is 16.5. The molecule has 1 aliphatic heterocycles. The van der Waals surface area contributed by atoms with Crippen LogP contribution < -0.4 is 15.0 Å². The molecule has 2 aromatic rings. The third-order valence-electron chi connectivity index (χ3n) is 3.99. The van der Waals surface area contributed by atoms with Gasteiger partial charge in [-0.15, -0.1) is 0 Å². The number of rotatable bonds is 5. The van der Waals surface area contributed by atoms with E-state index in [1.807, 2.05) is 18.2 Å².